The molecular weight excluding hydrogens is 271 g/mol. The summed E-state index contributed by atoms with van der Waals surface area (Å²) in [5.41, 5.74) is 1.31. The van der Waals surface area contributed by atoms with E-state index in [-0.39, 0.29) is 0 Å². The number of rotatable bonds is 5. The van der Waals surface area contributed by atoms with Crippen LogP contribution in [0.4, 0.5) is 0 Å². The second-order valence-electron chi connectivity index (χ2n) is 4.12. The van der Waals surface area contributed by atoms with Crippen LogP contribution in [0.25, 0.3) is 0 Å². The normalized spacial score (nSPS) is 14.9. The minimum atomic E-state index is 0.552. The van der Waals surface area contributed by atoms with E-state index in [9.17, 15) is 0 Å². The van der Waals surface area contributed by atoms with Gasteiger partial charge in [0.15, 0.2) is 0 Å². The maximum absolute atomic E-state index is 5.95. The third-order valence-electron chi connectivity index (χ3n) is 2.68. The summed E-state index contributed by atoms with van der Waals surface area (Å²) < 4.78 is 0. The molecule has 0 radical (unpaired) electrons. The molecule has 15 heavy (non-hydrogen) atoms. The highest BCUT2D eigenvalue weighted by molar-refractivity contribution is 9.09. The number of hydrogen-bond donors (Lipinski definition) is 0. The first-order valence-electron chi connectivity index (χ1n) is 5.52. The van der Waals surface area contributed by atoms with E-state index in [1.807, 2.05) is 12.1 Å². The van der Waals surface area contributed by atoms with Crippen molar-refractivity contribution >= 4 is 27.5 Å². The molecule has 2 atom stereocenters. The maximum atomic E-state index is 5.95. The van der Waals surface area contributed by atoms with Crippen LogP contribution >= 0.6 is 27.5 Å². The van der Waals surface area contributed by atoms with Gasteiger partial charge in [0, 0.05) is 9.85 Å². The first-order valence-corrected chi connectivity index (χ1v) is 6.81. The maximum Gasteiger partial charge on any atom is 0.0408 e. The minimum absolute atomic E-state index is 0.552. The van der Waals surface area contributed by atoms with E-state index in [1.54, 1.807) is 0 Å². The highest BCUT2D eigenvalue weighted by atomic mass is 79.9. The number of halogens is 2. The van der Waals surface area contributed by atoms with Crippen LogP contribution in [0.3, 0.4) is 0 Å². The SMILES string of the molecule is CCCC(C)C(Br)Cc1cccc(Cl)c1. The van der Waals surface area contributed by atoms with Crippen LogP contribution in [0, 0.1) is 5.92 Å². The van der Waals surface area contributed by atoms with Crippen molar-refractivity contribution in [2.75, 3.05) is 0 Å². The van der Waals surface area contributed by atoms with E-state index in [2.05, 4.69) is 41.9 Å². The van der Waals surface area contributed by atoms with Gasteiger partial charge in [-0.1, -0.05) is 59.9 Å². The average molecular weight is 290 g/mol. The van der Waals surface area contributed by atoms with Gasteiger partial charge in [-0.05, 0) is 36.5 Å². The molecule has 0 aliphatic rings. The highest BCUT2D eigenvalue weighted by Gasteiger charge is 2.13. The summed E-state index contributed by atoms with van der Waals surface area (Å²) in [5.74, 6) is 0.717. The Balaban J connectivity index is 2.54. The summed E-state index contributed by atoms with van der Waals surface area (Å²) in [6.45, 7) is 4.53. The van der Waals surface area contributed by atoms with E-state index in [4.69, 9.17) is 11.6 Å². The predicted octanol–water partition coefficient (Wildman–Crippen LogP) is 5.08. The van der Waals surface area contributed by atoms with Gasteiger partial charge in [0.1, 0.15) is 0 Å². The Labute approximate surface area is 106 Å². The van der Waals surface area contributed by atoms with Crippen molar-refractivity contribution in [2.45, 2.75) is 37.9 Å². The molecule has 2 heteroatoms. The zero-order valence-electron chi connectivity index (χ0n) is 9.34. The van der Waals surface area contributed by atoms with Gasteiger partial charge in [0.05, 0.1) is 0 Å². The van der Waals surface area contributed by atoms with Crippen molar-refractivity contribution < 1.29 is 0 Å². The van der Waals surface area contributed by atoms with Crippen molar-refractivity contribution in [3.8, 4) is 0 Å². The summed E-state index contributed by atoms with van der Waals surface area (Å²) in [6.07, 6.45) is 3.58. The van der Waals surface area contributed by atoms with Crippen molar-refractivity contribution in [3.63, 3.8) is 0 Å². The quantitative estimate of drug-likeness (QED) is 0.663. The first kappa shape index (κ1) is 13.1. The van der Waals surface area contributed by atoms with E-state index in [1.165, 1.54) is 18.4 Å². The second kappa shape index (κ2) is 6.55. The lowest BCUT2D eigenvalue weighted by Gasteiger charge is -2.17. The fourth-order valence-corrected chi connectivity index (χ4v) is 2.58. The molecule has 1 aromatic rings. The fourth-order valence-electron chi connectivity index (χ4n) is 1.73. The van der Waals surface area contributed by atoms with Crippen LogP contribution in [0.15, 0.2) is 24.3 Å². The Morgan fingerprint density at radius 2 is 2.13 bits per heavy atom. The van der Waals surface area contributed by atoms with Gasteiger partial charge >= 0.3 is 0 Å². The van der Waals surface area contributed by atoms with Crippen LogP contribution in [0.5, 0.6) is 0 Å². The largest absolute Gasteiger partial charge is 0.0884 e. The number of hydrogen-bond acceptors (Lipinski definition) is 0. The van der Waals surface area contributed by atoms with E-state index in [0.717, 1.165) is 11.4 Å². The molecule has 2 unspecified atom stereocenters. The number of alkyl halides is 1. The average Bonchev–Trinajstić information content (AvgIpc) is 2.18. The highest BCUT2D eigenvalue weighted by Crippen LogP contribution is 2.23. The standard InChI is InChI=1S/C13H18BrCl/c1-3-5-10(2)13(14)9-11-6-4-7-12(15)8-11/h4,6-8,10,13H,3,5,9H2,1-2H3. The van der Waals surface area contributed by atoms with Gasteiger partial charge in [-0.3, -0.25) is 0 Å². The Morgan fingerprint density at radius 3 is 2.73 bits per heavy atom. The molecule has 84 valence electrons. The molecule has 0 aliphatic carbocycles. The summed E-state index contributed by atoms with van der Waals surface area (Å²) in [5, 5.41) is 0.829. The zero-order chi connectivity index (χ0) is 11.3. The van der Waals surface area contributed by atoms with Gasteiger partial charge in [-0.25, -0.2) is 0 Å². The Morgan fingerprint density at radius 1 is 1.40 bits per heavy atom. The van der Waals surface area contributed by atoms with Crippen LogP contribution in [0.2, 0.25) is 5.02 Å². The van der Waals surface area contributed by atoms with Crippen molar-refractivity contribution in [1.29, 1.82) is 0 Å². The van der Waals surface area contributed by atoms with Gasteiger partial charge in [-0.15, -0.1) is 0 Å². The van der Waals surface area contributed by atoms with Gasteiger partial charge in [0.2, 0.25) is 0 Å². The molecule has 0 saturated carbocycles. The molecule has 0 amide bonds. The lowest BCUT2D eigenvalue weighted by atomic mass is 9.97. The Bertz CT molecular complexity index is 298. The van der Waals surface area contributed by atoms with Crippen molar-refractivity contribution in [3.05, 3.63) is 34.9 Å². The monoisotopic (exact) mass is 288 g/mol. The summed E-state index contributed by atoms with van der Waals surface area (Å²) >= 11 is 9.72. The molecule has 0 spiro atoms. The van der Waals surface area contributed by atoms with E-state index in [0.29, 0.717) is 10.7 Å². The van der Waals surface area contributed by atoms with Gasteiger partial charge < -0.3 is 0 Å². The van der Waals surface area contributed by atoms with Crippen molar-refractivity contribution in [1.82, 2.24) is 0 Å². The molecule has 0 fully saturated rings. The van der Waals surface area contributed by atoms with E-state index >= 15 is 0 Å². The van der Waals surface area contributed by atoms with Gasteiger partial charge in [0.25, 0.3) is 0 Å². The Hall–Kier alpha value is -0.0100. The molecule has 1 rings (SSSR count). The molecule has 0 aliphatic heterocycles. The predicted molar refractivity (Wildman–Crippen MR) is 71.9 cm³/mol. The van der Waals surface area contributed by atoms with E-state index < -0.39 is 0 Å². The van der Waals surface area contributed by atoms with Crippen LogP contribution in [-0.4, -0.2) is 4.83 Å². The minimum Gasteiger partial charge on any atom is -0.0884 e. The summed E-state index contributed by atoms with van der Waals surface area (Å²) in [4.78, 5) is 0.552. The zero-order valence-corrected chi connectivity index (χ0v) is 11.7. The second-order valence-corrected chi connectivity index (χ2v) is 5.73. The summed E-state index contributed by atoms with van der Waals surface area (Å²) in [6, 6.07) is 8.12. The summed E-state index contributed by atoms with van der Waals surface area (Å²) in [7, 11) is 0. The molecule has 0 heterocycles. The van der Waals surface area contributed by atoms with Crippen LogP contribution in [0.1, 0.15) is 32.3 Å². The lowest BCUT2D eigenvalue weighted by Crippen LogP contribution is -2.13. The number of benzene rings is 1. The molecular formula is C13H18BrCl. The third kappa shape index (κ3) is 4.56. The topological polar surface area (TPSA) is 0 Å². The lowest BCUT2D eigenvalue weighted by molar-refractivity contribution is 0.505. The molecule has 0 nitrogen and oxygen atoms in total. The molecule has 0 aromatic heterocycles. The molecule has 0 bridgehead atoms. The van der Waals surface area contributed by atoms with Crippen LogP contribution < -0.4 is 0 Å². The molecule has 0 saturated heterocycles. The molecule has 1 aromatic carbocycles. The van der Waals surface area contributed by atoms with Crippen LogP contribution in [-0.2, 0) is 6.42 Å². The first-order chi connectivity index (χ1) is 7.13. The third-order valence-corrected chi connectivity index (χ3v) is 4.14. The Kier molecular flexibility index (Phi) is 5.70. The van der Waals surface area contributed by atoms with Crippen molar-refractivity contribution in [2.24, 2.45) is 5.92 Å². The fraction of sp³-hybridized carbons (Fsp3) is 0.538. The smallest absolute Gasteiger partial charge is 0.0408 e. The molecule has 0 N–H and O–H groups in total. The van der Waals surface area contributed by atoms with Gasteiger partial charge in [-0.2, -0.15) is 0 Å².